The third-order valence-electron chi connectivity index (χ3n) is 3.83. The lowest BCUT2D eigenvalue weighted by Gasteiger charge is -2.11. The third-order valence-corrected chi connectivity index (χ3v) is 5.32. The zero-order valence-corrected chi connectivity index (χ0v) is 16.9. The molecule has 0 atom stereocenters. The Kier molecular flexibility index (Phi) is 6.99. The van der Waals surface area contributed by atoms with Crippen LogP contribution in [0.25, 0.3) is 0 Å². The van der Waals surface area contributed by atoms with Crippen LogP contribution in [0.3, 0.4) is 0 Å². The normalized spacial score (nSPS) is 10.9. The highest BCUT2D eigenvalue weighted by molar-refractivity contribution is 7.92. The summed E-state index contributed by atoms with van der Waals surface area (Å²) in [6.07, 6.45) is 0.480. The van der Waals surface area contributed by atoms with Gasteiger partial charge in [-0.1, -0.05) is 6.92 Å². The first kappa shape index (κ1) is 22.0. The maximum absolute atomic E-state index is 12.6. The van der Waals surface area contributed by atoms with Gasteiger partial charge in [0.15, 0.2) is 11.5 Å². The van der Waals surface area contributed by atoms with E-state index in [1.807, 2.05) is 0 Å². The van der Waals surface area contributed by atoms with E-state index in [1.54, 1.807) is 6.92 Å². The van der Waals surface area contributed by atoms with Gasteiger partial charge in [-0.05, 0) is 30.7 Å². The average molecular weight is 423 g/mol. The Bertz CT molecular complexity index is 1000. The van der Waals surface area contributed by atoms with Crippen molar-refractivity contribution in [1.29, 1.82) is 0 Å². The number of amides is 1. The molecule has 2 aromatic carbocycles. The van der Waals surface area contributed by atoms with E-state index in [4.69, 9.17) is 9.47 Å². The molecule has 0 unspecified atom stereocenters. The lowest BCUT2D eigenvalue weighted by atomic mass is 10.1. The van der Waals surface area contributed by atoms with E-state index >= 15 is 0 Å². The van der Waals surface area contributed by atoms with Crippen LogP contribution in [0.4, 0.5) is 17.1 Å². The molecule has 156 valence electrons. The van der Waals surface area contributed by atoms with Crippen LogP contribution in [0.5, 0.6) is 11.5 Å². The van der Waals surface area contributed by atoms with Crippen LogP contribution in [0.1, 0.15) is 23.7 Å². The lowest BCUT2D eigenvalue weighted by molar-refractivity contribution is -0.385. The summed E-state index contributed by atoms with van der Waals surface area (Å²) in [4.78, 5) is 23.2. The molecule has 0 bridgehead atoms. The van der Waals surface area contributed by atoms with Crippen LogP contribution in [0.2, 0.25) is 0 Å². The van der Waals surface area contributed by atoms with Gasteiger partial charge in [0, 0.05) is 17.4 Å². The molecule has 0 spiro atoms. The summed E-state index contributed by atoms with van der Waals surface area (Å²) in [6, 6.07) is 8.25. The minimum atomic E-state index is -3.43. The molecule has 0 heterocycles. The molecule has 0 aliphatic rings. The minimum Gasteiger partial charge on any atom is -0.493 e. The summed E-state index contributed by atoms with van der Waals surface area (Å²) in [5.41, 5.74) is 0.0236. The largest absolute Gasteiger partial charge is 0.493 e. The molecular formula is C18H21N3O7S. The summed E-state index contributed by atoms with van der Waals surface area (Å²) in [7, 11) is -0.749. The molecule has 0 fully saturated rings. The number of methoxy groups -OCH3 is 2. The van der Waals surface area contributed by atoms with Gasteiger partial charge >= 0.3 is 0 Å². The number of nitrogens with zero attached hydrogens (tertiary/aromatic N) is 1. The van der Waals surface area contributed by atoms with Gasteiger partial charge in [0.2, 0.25) is 10.0 Å². The van der Waals surface area contributed by atoms with E-state index in [-0.39, 0.29) is 22.8 Å². The Morgan fingerprint density at radius 1 is 1.07 bits per heavy atom. The fourth-order valence-electron chi connectivity index (χ4n) is 2.52. The highest BCUT2D eigenvalue weighted by atomic mass is 32.2. The first-order valence-electron chi connectivity index (χ1n) is 8.53. The Morgan fingerprint density at radius 2 is 1.62 bits per heavy atom. The SMILES string of the molecule is CCCS(=O)(=O)Nc1ccc(NC(=O)c2cc(OC)c(OC)cc2[N+](=O)[O-])cc1. The highest BCUT2D eigenvalue weighted by Gasteiger charge is 2.24. The first-order chi connectivity index (χ1) is 13.7. The van der Waals surface area contributed by atoms with Crippen LogP contribution >= 0.6 is 0 Å². The van der Waals surface area contributed by atoms with E-state index in [2.05, 4.69) is 10.0 Å². The number of hydrogen-bond donors (Lipinski definition) is 2. The second-order valence-electron chi connectivity index (χ2n) is 5.93. The average Bonchev–Trinajstić information content (AvgIpc) is 2.67. The standard InChI is InChI=1S/C18H21N3O7S/c1-4-9-29(25,26)20-13-7-5-12(6-8-13)19-18(22)14-10-16(27-2)17(28-3)11-15(14)21(23)24/h5-8,10-11,20H,4,9H2,1-3H3,(H,19,22). The van der Waals surface area contributed by atoms with Crippen molar-refractivity contribution >= 4 is 33.0 Å². The number of nitrogens with one attached hydrogen (secondary N) is 2. The van der Waals surface area contributed by atoms with Crippen LogP contribution < -0.4 is 19.5 Å². The van der Waals surface area contributed by atoms with Crippen molar-refractivity contribution in [2.24, 2.45) is 0 Å². The molecule has 0 aliphatic carbocycles. The Labute approximate surface area is 168 Å². The molecule has 2 rings (SSSR count). The smallest absolute Gasteiger partial charge is 0.286 e. The topological polar surface area (TPSA) is 137 Å². The van der Waals surface area contributed by atoms with Gasteiger partial charge in [-0.15, -0.1) is 0 Å². The summed E-state index contributed by atoms with van der Waals surface area (Å²) in [5.74, 6) is -0.436. The molecule has 2 aromatic rings. The monoisotopic (exact) mass is 423 g/mol. The molecule has 11 heteroatoms. The molecule has 0 saturated carbocycles. The lowest BCUT2D eigenvalue weighted by Crippen LogP contribution is -2.16. The molecule has 2 N–H and O–H groups in total. The quantitative estimate of drug-likeness (QED) is 0.467. The first-order valence-corrected chi connectivity index (χ1v) is 10.2. The molecule has 10 nitrogen and oxygen atoms in total. The number of benzene rings is 2. The van der Waals surface area contributed by atoms with Gasteiger partial charge in [0.05, 0.1) is 31.0 Å². The molecule has 0 aliphatic heterocycles. The van der Waals surface area contributed by atoms with Crippen molar-refractivity contribution in [3.05, 3.63) is 52.1 Å². The van der Waals surface area contributed by atoms with Gasteiger partial charge in [0.1, 0.15) is 5.56 Å². The van der Waals surface area contributed by atoms with Gasteiger partial charge < -0.3 is 14.8 Å². The fourth-order valence-corrected chi connectivity index (χ4v) is 3.66. The number of carbonyl (C=O) groups is 1. The zero-order chi connectivity index (χ0) is 21.6. The second-order valence-corrected chi connectivity index (χ2v) is 7.78. The maximum atomic E-state index is 12.6. The summed E-state index contributed by atoms with van der Waals surface area (Å²) >= 11 is 0. The number of anilines is 2. The number of nitro benzene ring substituents is 1. The minimum absolute atomic E-state index is 0.00550. The van der Waals surface area contributed by atoms with Crippen molar-refractivity contribution < 1.29 is 27.6 Å². The number of sulfonamides is 1. The molecule has 29 heavy (non-hydrogen) atoms. The van der Waals surface area contributed by atoms with Gasteiger partial charge in [0.25, 0.3) is 11.6 Å². The van der Waals surface area contributed by atoms with E-state index in [0.717, 1.165) is 6.07 Å². The van der Waals surface area contributed by atoms with Crippen molar-refractivity contribution in [2.45, 2.75) is 13.3 Å². The van der Waals surface area contributed by atoms with Gasteiger partial charge in [-0.3, -0.25) is 19.6 Å². The summed E-state index contributed by atoms with van der Waals surface area (Å²) in [5, 5.41) is 13.9. The number of hydrogen-bond acceptors (Lipinski definition) is 7. The van der Waals surface area contributed by atoms with Gasteiger partial charge in [-0.2, -0.15) is 0 Å². The van der Waals surface area contributed by atoms with E-state index in [9.17, 15) is 23.3 Å². The third kappa shape index (κ3) is 5.57. The number of carbonyl (C=O) groups excluding carboxylic acids is 1. The molecule has 0 saturated heterocycles. The Morgan fingerprint density at radius 3 is 2.14 bits per heavy atom. The van der Waals surface area contributed by atoms with Crippen molar-refractivity contribution in [1.82, 2.24) is 0 Å². The van der Waals surface area contributed by atoms with Crippen LogP contribution in [0, 0.1) is 10.1 Å². The van der Waals surface area contributed by atoms with Crippen molar-refractivity contribution in [2.75, 3.05) is 30.0 Å². The van der Waals surface area contributed by atoms with Crippen molar-refractivity contribution in [3.8, 4) is 11.5 Å². The predicted octanol–water partition coefficient (Wildman–Crippen LogP) is 3.02. The molecule has 0 aromatic heterocycles. The maximum Gasteiger partial charge on any atom is 0.286 e. The van der Waals surface area contributed by atoms with Crippen LogP contribution in [0.15, 0.2) is 36.4 Å². The van der Waals surface area contributed by atoms with Crippen molar-refractivity contribution in [3.63, 3.8) is 0 Å². The van der Waals surface area contributed by atoms with E-state index in [0.29, 0.717) is 17.8 Å². The highest BCUT2D eigenvalue weighted by Crippen LogP contribution is 2.34. The second kappa shape index (κ2) is 9.24. The fraction of sp³-hybridized carbons (Fsp3) is 0.278. The van der Waals surface area contributed by atoms with Crippen LogP contribution in [-0.2, 0) is 10.0 Å². The molecular weight excluding hydrogens is 402 g/mol. The Hall–Kier alpha value is -3.34. The Balaban J connectivity index is 2.25. The number of rotatable bonds is 9. The summed E-state index contributed by atoms with van der Waals surface area (Å²) < 4.78 is 36.1. The van der Waals surface area contributed by atoms with Crippen LogP contribution in [-0.4, -0.2) is 39.2 Å². The number of ether oxygens (including phenoxy) is 2. The zero-order valence-electron chi connectivity index (χ0n) is 16.1. The van der Waals surface area contributed by atoms with E-state index in [1.165, 1.54) is 44.6 Å². The summed E-state index contributed by atoms with van der Waals surface area (Å²) in [6.45, 7) is 1.76. The molecule has 1 amide bonds. The van der Waals surface area contributed by atoms with Gasteiger partial charge in [-0.25, -0.2) is 8.42 Å². The predicted molar refractivity (Wildman–Crippen MR) is 108 cm³/mol. The number of nitro groups is 1. The molecule has 0 radical (unpaired) electrons. The van der Waals surface area contributed by atoms with E-state index < -0.39 is 26.5 Å².